The summed E-state index contributed by atoms with van der Waals surface area (Å²) in [5.41, 5.74) is 0. The van der Waals surface area contributed by atoms with Crippen molar-refractivity contribution in [1.29, 1.82) is 0 Å². The fourth-order valence-electron chi connectivity index (χ4n) is 1.32. The molecule has 0 aromatic carbocycles. The Balaban J connectivity index is 2.74. The van der Waals surface area contributed by atoms with Gasteiger partial charge in [0.1, 0.15) is 0 Å². The van der Waals surface area contributed by atoms with Gasteiger partial charge in [-0.25, -0.2) is 0 Å². The molecule has 6 heteroatoms. The van der Waals surface area contributed by atoms with E-state index in [2.05, 4.69) is 36.4 Å². The summed E-state index contributed by atoms with van der Waals surface area (Å²) in [6, 6.07) is 1.85. The predicted molar refractivity (Wildman–Crippen MR) is 86.0 cm³/mol. The Morgan fingerprint density at radius 1 is 1.22 bits per heavy atom. The molecule has 0 saturated heterocycles. The number of rotatable bonds is 9. The van der Waals surface area contributed by atoms with Crippen molar-refractivity contribution in [2.24, 2.45) is 0 Å². The Bertz CT molecular complexity index is 380. The van der Waals surface area contributed by atoms with E-state index in [-0.39, 0.29) is 0 Å². The van der Waals surface area contributed by atoms with Crippen LogP contribution in [0.4, 0.5) is 0 Å². The zero-order valence-corrected chi connectivity index (χ0v) is 14.7. The van der Waals surface area contributed by atoms with Crippen molar-refractivity contribution in [3.63, 3.8) is 0 Å². The van der Waals surface area contributed by atoms with Crippen LogP contribution >= 0.6 is 41.5 Å². The average Bonchev–Trinajstić information content (AvgIpc) is 2.77. The molecule has 0 spiro atoms. The molecule has 0 aliphatic rings. The summed E-state index contributed by atoms with van der Waals surface area (Å²) in [6.07, 6.45) is 3.86. The van der Waals surface area contributed by atoms with Gasteiger partial charge in [-0.3, -0.25) is 4.57 Å². The second-order valence-corrected chi connectivity index (χ2v) is 8.67. The maximum Gasteiger partial charge on any atom is 0.363 e. The summed E-state index contributed by atoms with van der Waals surface area (Å²) in [5, 5.41) is 2.65. The molecule has 1 aromatic rings. The van der Waals surface area contributed by atoms with Crippen LogP contribution in [0, 0.1) is 2.88 Å². The molecule has 0 aliphatic carbocycles. The lowest BCUT2D eigenvalue weighted by Crippen LogP contribution is -2.12. The molecular formula is C12H20IO3PS. The van der Waals surface area contributed by atoms with E-state index < -0.39 is 7.60 Å². The minimum Gasteiger partial charge on any atom is -0.305 e. The van der Waals surface area contributed by atoms with Gasteiger partial charge in [0.15, 0.2) is 0 Å². The molecule has 0 bridgehead atoms. The molecular weight excluding hydrogens is 382 g/mol. The van der Waals surface area contributed by atoms with Gasteiger partial charge in [0.05, 0.1) is 21.4 Å². The second kappa shape index (κ2) is 8.69. The monoisotopic (exact) mass is 402 g/mol. The molecule has 0 radical (unpaired) electrons. The summed E-state index contributed by atoms with van der Waals surface area (Å²) in [5.74, 6) is 0. The average molecular weight is 402 g/mol. The predicted octanol–water partition coefficient (Wildman–Crippen LogP) is 4.80. The molecule has 0 unspecified atom stereocenters. The van der Waals surface area contributed by atoms with Crippen LogP contribution in [0.5, 0.6) is 0 Å². The molecule has 0 amide bonds. The zero-order valence-electron chi connectivity index (χ0n) is 10.9. The topological polar surface area (TPSA) is 35.5 Å². The Labute approximate surface area is 127 Å². The molecule has 1 aromatic heterocycles. The highest BCUT2D eigenvalue weighted by Gasteiger charge is 2.30. The smallest absolute Gasteiger partial charge is 0.305 e. The highest BCUT2D eigenvalue weighted by atomic mass is 127. The number of hydrogen-bond acceptors (Lipinski definition) is 4. The zero-order chi connectivity index (χ0) is 13.4. The quantitative estimate of drug-likeness (QED) is 0.338. The third-order valence-electron chi connectivity index (χ3n) is 2.41. The molecule has 0 N–H and O–H groups in total. The minimum atomic E-state index is -3.12. The van der Waals surface area contributed by atoms with Crippen molar-refractivity contribution in [2.75, 3.05) is 13.2 Å². The van der Waals surface area contributed by atoms with Crippen LogP contribution in [-0.4, -0.2) is 13.2 Å². The van der Waals surface area contributed by atoms with Crippen molar-refractivity contribution < 1.29 is 13.6 Å². The molecule has 0 atom stereocenters. The van der Waals surface area contributed by atoms with Crippen LogP contribution in [0.1, 0.15) is 39.5 Å². The van der Waals surface area contributed by atoms with Crippen LogP contribution in [0.2, 0.25) is 0 Å². The Hall–Kier alpha value is 0.580. The van der Waals surface area contributed by atoms with E-state index >= 15 is 0 Å². The molecule has 0 fully saturated rings. The van der Waals surface area contributed by atoms with Crippen molar-refractivity contribution >= 4 is 46.8 Å². The van der Waals surface area contributed by atoms with Crippen LogP contribution in [0.3, 0.4) is 0 Å². The van der Waals surface area contributed by atoms with E-state index in [1.54, 1.807) is 11.3 Å². The fourth-order valence-corrected chi connectivity index (χ4v) is 5.49. The van der Waals surface area contributed by atoms with E-state index in [0.29, 0.717) is 13.2 Å². The van der Waals surface area contributed by atoms with Crippen LogP contribution in [0.15, 0.2) is 11.4 Å². The third kappa shape index (κ3) is 4.93. The van der Waals surface area contributed by atoms with Gasteiger partial charge in [-0.1, -0.05) is 26.7 Å². The van der Waals surface area contributed by atoms with Crippen molar-refractivity contribution in [3.8, 4) is 0 Å². The lowest BCUT2D eigenvalue weighted by molar-refractivity contribution is 0.208. The number of halogens is 1. The Morgan fingerprint density at radius 3 is 2.17 bits per heavy atom. The number of thiophene rings is 1. The van der Waals surface area contributed by atoms with Crippen LogP contribution in [0.25, 0.3) is 0 Å². The largest absolute Gasteiger partial charge is 0.363 e. The van der Waals surface area contributed by atoms with E-state index in [9.17, 15) is 4.57 Å². The normalized spacial score (nSPS) is 11.9. The van der Waals surface area contributed by atoms with Gasteiger partial charge in [-0.2, -0.15) is 0 Å². The van der Waals surface area contributed by atoms with Gasteiger partial charge in [-0.05, 0) is 46.9 Å². The van der Waals surface area contributed by atoms with Crippen molar-refractivity contribution in [2.45, 2.75) is 39.5 Å². The van der Waals surface area contributed by atoms with E-state index in [4.69, 9.17) is 9.05 Å². The standard InChI is InChI=1S/C12H20IO3PS/c1-3-5-8-15-17(14,16-9-6-4-2)11-7-10-18-12(11)13/h7,10H,3-6,8-9H2,1-2H3. The van der Waals surface area contributed by atoms with E-state index in [0.717, 1.165) is 33.9 Å². The van der Waals surface area contributed by atoms with E-state index in [1.165, 1.54) is 0 Å². The van der Waals surface area contributed by atoms with Crippen molar-refractivity contribution in [3.05, 3.63) is 14.3 Å². The third-order valence-corrected chi connectivity index (χ3v) is 7.04. The second-order valence-electron chi connectivity index (χ2n) is 3.95. The van der Waals surface area contributed by atoms with Crippen LogP contribution < -0.4 is 5.30 Å². The highest BCUT2D eigenvalue weighted by molar-refractivity contribution is 14.1. The number of unbranched alkanes of at least 4 members (excludes halogenated alkanes) is 2. The summed E-state index contributed by atoms with van der Waals surface area (Å²) < 4.78 is 24.9. The van der Waals surface area contributed by atoms with Gasteiger partial charge in [-0.15, -0.1) is 11.3 Å². The van der Waals surface area contributed by atoms with Crippen molar-refractivity contribution in [1.82, 2.24) is 0 Å². The molecule has 0 aliphatic heterocycles. The summed E-state index contributed by atoms with van der Waals surface area (Å²) in [7, 11) is -3.12. The molecule has 1 rings (SSSR count). The Kier molecular flexibility index (Phi) is 8.03. The molecule has 3 nitrogen and oxygen atoms in total. The van der Waals surface area contributed by atoms with Gasteiger partial charge in [0.25, 0.3) is 0 Å². The van der Waals surface area contributed by atoms with Gasteiger partial charge >= 0.3 is 7.60 Å². The SMILES string of the molecule is CCCCOP(=O)(OCCCC)c1ccsc1I. The van der Waals surface area contributed by atoms with Gasteiger partial charge in [0, 0.05) is 0 Å². The minimum absolute atomic E-state index is 0.492. The maximum absolute atomic E-state index is 12.8. The first-order chi connectivity index (χ1) is 8.64. The molecule has 0 saturated carbocycles. The highest BCUT2D eigenvalue weighted by Crippen LogP contribution is 2.49. The summed E-state index contributed by atoms with van der Waals surface area (Å²) in [6.45, 7) is 5.15. The summed E-state index contributed by atoms with van der Waals surface area (Å²) >= 11 is 3.75. The lowest BCUT2D eigenvalue weighted by atomic mass is 10.4. The first-order valence-corrected chi connectivity index (χ1v) is 9.76. The molecule has 104 valence electrons. The Morgan fingerprint density at radius 2 is 1.78 bits per heavy atom. The molecule has 1 heterocycles. The summed E-state index contributed by atoms with van der Waals surface area (Å²) in [4.78, 5) is 0. The first kappa shape index (κ1) is 16.6. The first-order valence-electron chi connectivity index (χ1n) is 6.26. The fraction of sp³-hybridized carbons (Fsp3) is 0.667. The number of hydrogen-bond donors (Lipinski definition) is 0. The van der Waals surface area contributed by atoms with Crippen LogP contribution in [-0.2, 0) is 13.6 Å². The molecule has 18 heavy (non-hydrogen) atoms. The van der Waals surface area contributed by atoms with Gasteiger partial charge < -0.3 is 9.05 Å². The maximum atomic E-state index is 12.8. The van der Waals surface area contributed by atoms with Gasteiger partial charge in [0.2, 0.25) is 0 Å². The van der Waals surface area contributed by atoms with E-state index in [1.807, 2.05) is 11.4 Å². The lowest BCUT2D eigenvalue weighted by Gasteiger charge is -2.18.